The third kappa shape index (κ3) is 4.28. The Bertz CT molecular complexity index is 487. The fourth-order valence-corrected chi connectivity index (χ4v) is 3.71. The van der Waals surface area contributed by atoms with Gasteiger partial charge in [-0.2, -0.15) is 0 Å². The molecule has 2 fully saturated rings. The van der Waals surface area contributed by atoms with Gasteiger partial charge in [0.15, 0.2) is 6.29 Å². The second kappa shape index (κ2) is 8.81. The molecule has 2 aliphatic rings. The van der Waals surface area contributed by atoms with Crippen LogP contribution in [0.3, 0.4) is 0 Å². The van der Waals surface area contributed by atoms with Crippen LogP contribution in [0.4, 0.5) is 0 Å². The minimum Gasteiger partial charge on any atom is -0.497 e. The second-order valence-electron chi connectivity index (χ2n) is 6.63. The monoisotopic (exact) mass is 335 g/mol. The number of hydrogen-bond acceptors (Lipinski definition) is 5. The molecular formula is C19H29NO4. The molecule has 0 bridgehead atoms. The van der Waals surface area contributed by atoms with Crippen molar-refractivity contribution < 1.29 is 19.3 Å². The van der Waals surface area contributed by atoms with E-state index in [0.29, 0.717) is 6.61 Å². The first kappa shape index (κ1) is 17.7. The van der Waals surface area contributed by atoms with Crippen molar-refractivity contribution in [3.8, 4) is 5.75 Å². The molecule has 2 heterocycles. The molecule has 0 radical (unpaired) electrons. The SMILES string of the molecule is COc1ccc(C(COC2CCCCO2)N2CCC[C@@H]2CO)cc1. The molecule has 134 valence electrons. The van der Waals surface area contributed by atoms with Crippen LogP contribution in [0.15, 0.2) is 24.3 Å². The summed E-state index contributed by atoms with van der Waals surface area (Å²) in [5.41, 5.74) is 1.20. The van der Waals surface area contributed by atoms with E-state index in [1.807, 2.05) is 12.1 Å². The molecule has 0 amide bonds. The van der Waals surface area contributed by atoms with E-state index >= 15 is 0 Å². The van der Waals surface area contributed by atoms with Crippen molar-refractivity contribution in [3.63, 3.8) is 0 Å². The Labute approximate surface area is 144 Å². The number of aliphatic hydroxyl groups is 1. The Balaban J connectivity index is 1.71. The Morgan fingerprint density at radius 2 is 2.04 bits per heavy atom. The zero-order valence-electron chi connectivity index (χ0n) is 14.5. The highest BCUT2D eigenvalue weighted by molar-refractivity contribution is 5.29. The summed E-state index contributed by atoms with van der Waals surface area (Å²) >= 11 is 0. The summed E-state index contributed by atoms with van der Waals surface area (Å²) in [5, 5.41) is 9.70. The first-order valence-electron chi connectivity index (χ1n) is 9.05. The largest absolute Gasteiger partial charge is 0.497 e. The van der Waals surface area contributed by atoms with Crippen molar-refractivity contribution >= 4 is 0 Å². The normalized spacial score (nSPS) is 26.4. The van der Waals surface area contributed by atoms with Crippen LogP contribution in [-0.2, 0) is 9.47 Å². The van der Waals surface area contributed by atoms with Gasteiger partial charge in [-0.3, -0.25) is 4.90 Å². The van der Waals surface area contributed by atoms with E-state index in [4.69, 9.17) is 14.2 Å². The zero-order valence-corrected chi connectivity index (χ0v) is 14.5. The molecule has 2 aliphatic heterocycles. The van der Waals surface area contributed by atoms with E-state index < -0.39 is 0 Å². The van der Waals surface area contributed by atoms with Crippen LogP contribution >= 0.6 is 0 Å². The maximum absolute atomic E-state index is 9.70. The summed E-state index contributed by atoms with van der Waals surface area (Å²) in [4.78, 5) is 2.38. The first-order valence-corrected chi connectivity index (χ1v) is 9.05. The van der Waals surface area contributed by atoms with Crippen LogP contribution in [0.1, 0.15) is 43.7 Å². The van der Waals surface area contributed by atoms with E-state index in [1.165, 1.54) is 12.0 Å². The molecule has 5 heteroatoms. The molecule has 3 rings (SSSR count). The Kier molecular flexibility index (Phi) is 6.49. The first-order chi connectivity index (χ1) is 11.8. The standard InChI is InChI=1S/C19H29NO4/c1-22-17-9-7-15(8-10-17)18(20-11-4-5-16(20)13-21)14-24-19-6-2-3-12-23-19/h7-10,16,18-19,21H,2-6,11-14H2,1H3/t16-,18?,19?/m1/s1. The number of rotatable bonds is 7. The second-order valence-corrected chi connectivity index (χ2v) is 6.63. The zero-order chi connectivity index (χ0) is 16.8. The van der Waals surface area contributed by atoms with Crippen LogP contribution in [0.2, 0.25) is 0 Å². The van der Waals surface area contributed by atoms with Gasteiger partial charge in [-0.1, -0.05) is 12.1 Å². The fourth-order valence-electron chi connectivity index (χ4n) is 3.71. The maximum atomic E-state index is 9.70. The van der Waals surface area contributed by atoms with Crippen molar-refractivity contribution in [1.29, 1.82) is 0 Å². The molecule has 2 saturated heterocycles. The molecule has 1 aromatic carbocycles. The molecule has 24 heavy (non-hydrogen) atoms. The van der Waals surface area contributed by atoms with E-state index in [1.54, 1.807) is 7.11 Å². The van der Waals surface area contributed by atoms with Gasteiger partial charge in [-0.25, -0.2) is 0 Å². The number of aliphatic hydroxyl groups excluding tert-OH is 1. The van der Waals surface area contributed by atoms with Crippen LogP contribution in [0.25, 0.3) is 0 Å². The van der Waals surface area contributed by atoms with Gasteiger partial charge in [0.25, 0.3) is 0 Å². The molecule has 0 spiro atoms. The summed E-state index contributed by atoms with van der Waals surface area (Å²) in [7, 11) is 1.68. The lowest BCUT2D eigenvalue weighted by atomic mass is 10.0. The van der Waals surface area contributed by atoms with Crippen molar-refractivity contribution in [2.24, 2.45) is 0 Å². The molecule has 1 aromatic rings. The smallest absolute Gasteiger partial charge is 0.157 e. The third-order valence-corrected chi connectivity index (χ3v) is 5.11. The predicted octanol–water partition coefficient (Wildman–Crippen LogP) is 2.74. The molecule has 1 N–H and O–H groups in total. The molecular weight excluding hydrogens is 306 g/mol. The summed E-state index contributed by atoms with van der Waals surface area (Å²) in [6, 6.07) is 8.53. The number of likely N-dealkylation sites (tertiary alicyclic amines) is 1. The number of ether oxygens (including phenoxy) is 3. The van der Waals surface area contributed by atoms with Gasteiger partial charge in [0.05, 0.1) is 26.4 Å². The van der Waals surface area contributed by atoms with Gasteiger partial charge >= 0.3 is 0 Å². The lowest BCUT2D eigenvalue weighted by Crippen LogP contribution is -2.39. The van der Waals surface area contributed by atoms with Gasteiger partial charge in [0.2, 0.25) is 0 Å². The Morgan fingerprint density at radius 1 is 1.21 bits per heavy atom. The third-order valence-electron chi connectivity index (χ3n) is 5.11. The summed E-state index contributed by atoms with van der Waals surface area (Å²) in [5.74, 6) is 0.856. The van der Waals surface area contributed by atoms with Gasteiger partial charge in [-0.05, 0) is 56.3 Å². The van der Waals surface area contributed by atoms with E-state index in [2.05, 4.69) is 17.0 Å². The van der Waals surface area contributed by atoms with E-state index in [-0.39, 0.29) is 25.0 Å². The van der Waals surface area contributed by atoms with Gasteiger partial charge in [0.1, 0.15) is 5.75 Å². The van der Waals surface area contributed by atoms with E-state index in [9.17, 15) is 5.11 Å². The summed E-state index contributed by atoms with van der Waals surface area (Å²) < 4.78 is 17.1. The number of benzene rings is 1. The van der Waals surface area contributed by atoms with Crippen molar-refractivity contribution in [1.82, 2.24) is 4.90 Å². The van der Waals surface area contributed by atoms with Crippen LogP contribution < -0.4 is 4.74 Å². The highest BCUT2D eigenvalue weighted by Crippen LogP contribution is 2.31. The van der Waals surface area contributed by atoms with Crippen LogP contribution in [-0.4, -0.2) is 55.8 Å². The Hall–Kier alpha value is -1.14. The van der Waals surface area contributed by atoms with Crippen LogP contribution in [0, 0.1) is 0 Å². The number of methoxy groups -OCH3 is 1. The quantitative estimate of drug-likeness (QED) is 0.830. The van der Waals surface area contributed by atoms with Gasteiger partial charge in [-0.15, -0.1) is 0 Å². The predicted molar refractivity (Wildman–Crippen MR) is 92.1 cm³/mol. The maximum Gasteiger partial charge on any atom is 0.157 e. The number of nitrogens with zero attached hydrogens (tertiary/aromatic N) is 1. The highest BCUT2D eigenvalue weighted by Gasteiger charge is 2.32. The molecule has 2 unspecified atom stereocenters. The number of hydrogen-bond donors (Lipinski definition) is 1. The highest BCUT2D eigenvalue weighted by atomic mass is 16.7. The van der Waals surface area contributed by atoms with Crippen molar-refractivity contribution in [2.75, 3.05) is 33.5 Å². The average Bonchev–Trinajstić information content (AvgIpc) is 3.12. The minimum atomic E-state index is -0.0883. The molecule has 3 atom stereocenters. The summed E-state index contributed by atoms with van der Waals surface area (Å²) in [6.45, 7) is 2.58. The van der Waals surface area contributed by atoms with Crippen molar-refractivity contribution in [3.05, 3.63) is 29.8 Å². The lowest BCUT2D eigenvalue weighted by Gasteiger charge is -2.34. The molecule has 0 aliphatic carbocycles. The molecule has 0 saturated carbocycles. The minimum absolute atomic E-state index is 0.0883. The molecule has 0 aromatic heterocycles. The van der Waals surface area contributed by atoms with Gasteiger partial charge in [0, 0.05) is 12.6 Å². The van der Waals surface area contributed by atoms with Crippen LogP contribution in [0.5, 0.6) is 5.75 Å². The van der Waals surface area contributed by atoms with E-state index in [0.717, 1.165) is 44.6 Å². The average molecular weight is 335 g/mol. The lowest BCUT2D eigenvalue weighted by molar-refractivity contribution is -0.172. The van der Waals surface area contributed by atoms with Crippen molar-refractivity contribution in [2.45, 2.75) is 50.5 Å². The fraction of sp³-hybridized carbons (Fsp3) is 0.684. The summed E-state index contributed by atoms with van der Waals surface area (Å²) in [6.07, 6.45) is 5.34. The molecule has 5 nitrogen and oxygen atoms in total. The Morgan fingerprint density at radius 3 is 2.71 bits per heavy atom. The van der Waals surface area contributed by atoms with Gasteiger partial charge < -0.3 is 19.3 Å². The topological polar surface area (TPSA) is 51.2 Å².